The highest BCUT2D eigenvalue weighted by atomic mass is 16.7. The van der Waals surface area contributed by atoms with Crippen molar-refractivity contribution >= 4 is 10.9 Å². The van der Waals surface area contributed by atoms with Gasteiger partial charge in [-0.3, -0.25) is 4.98 Å². The van der Waals surface area contributed by atoms with Gasteiger partial charge in [-0.15, -0.1) is 0 Å². The molecule has 0 spiro atoms. The van der Waals surface area contributed by atoms with Crippen molar-refractivity contribution in [1.82, 2.24) is 15.3 Å². The minimum Gasteiger partial charge on any atom is -0.497 e. The zero-order valence-electron chi connectivity index (χ0n) is 18.0. The predicted molar refractivity (Wildman–Crippen MR) is 118 cm³/mol. The molecule has 4 rings (SSSR count). The second-order valence-corrected chi connectivity index (χ2v) is 7.59. The largest absolute Gasteiger partial charge is 0.497 e. The first kappa shape index (κ1) is 21.5. The van der Waals surface area contributed by atoms with E-state index in [-0.39, 0.29) is 12.3 Å². The van der Waals surface area contributed by atoms with Gasteiger partial charge in [0.15, 0.2) is 6.29 Å². The third-order valence-electron chi connectivity index (χ3n) is 5.45. The SMILES string of the molecule is COc1ccc2nccc(CCCC3OCC(NCc4cccc(OC)n4)CO3)c2c1. The molecular weight excluding hydrogens is 394 g/mol. The molecule has 1 aromatic carbocycles. The molecule has 0 amide bonds. The molecule has 1 saturated heterocycles. The van der Waals surface area contributed by atoms with Gasteiger partial charge in [0.1, 0.15) is 5.75 Å². The monoisotopic (exact) mass is 423 g/mol. The maximum absolute atomic E-state index is 5.92. The molecule has 1 fully saturated rings. The van der Waals surface area contributed by atoms with Crippen molar-refractivity contribution in [1.29, 1.82) is 0 Å². The summed E-state index contributed by atoms with van der Waals surface area (Å²) in [4.78, 5) is 8.86. The quantitative estimate of drug-likeness (QED) is 0.565. The van der Waals surface area contributed by atoms with Crippen LogP contribution in [0.2, 0.25) is 0 Å². The van der Waals surface area contributed by atoms with E-state index in [0.29, 0.717) is 25.6 Å². The van der Waals surface area contributed by atoms with Crippen LogP contribution < -0.4 is 14.8 Å². The van der Waals surface area contributed by atoms with Crippen LogP contribution in [0.5, 0.6) is 11.6 Å². The number of hydrogen-bond donors (Lipinski definition) is 1. The Hall–Kier alpha value is -2.74. The average Bonchev–Trinajstić information content (AvgIpc) is 2.83. The number of aryl methyl sites for hydroxylation is 1. The van der Waals surface area contributed by atoms with E-state index in [1.165, 1.54) is 5.56 Å². The number of aromatic nitrogens is 2. The van der Waals surface area contributed by atoms with E-state index in [4.69, 9.17) is 18.9 Å². The van der Waals surface area contributed by atoms with Crippen molar-refractivity contribution < 1.29 is 18.9 Å². The van der Waals surface area contributed by atoms with Gasteiger partial charge in [-0.05, 0) is 55.2 Å². The van der Waals surface area contributed by atoms with Gasteiger partial charge in [-0.25, -0.2) is 4.98 Å². The fourth-order valence-corrected chi connectivity index (χ4v) is 3.73. The number of benzene rings is 1. The minimum atomic E-state index is -0.157. The van der Waals surface area contributed by atoms with Crippen molar-refractivity contribution in [3.63, 3.8) is 0 Å². The maximum atomic E-state index is 5.92. The Morgan fingerprint density at radius 2 is 1.94 bits per heavy atom. The van der Waals surface area contributed by atoms with Crippen molar-refractivity contribution in [3.05, 3.63) is 59.9 Å². The topological polar surface area (TPSA) is 74.7 Å². The number of pyridine rings is 2. The van der Waals surface area contributed by atoms with Gasteiger partial charge in [-0.2, -0.15) is 0 Å². The molecule has 2 aromatic heterocycles. The fraction of sp³-hybridized carbons (Fsp3) is 0.417. The summed E-state index contributed by atoms with van der Waals surface area (Å²) >= 11 is 0. The lowest BCUT2D eigenvalue weighted by Crippen LogP contribution is -2.44. The van der Waals surface area contributed by atoms with E-state index in [2.05, 4.69) is 27.4 Å². The lowest BCUT2D eigenvalue weighted by Gasteiger charge is -2.30. The number of hydrogen-bond acceptors (Lipinski definition) is 7. The second-order valence-electron chi connectivity index (χ2n) is 7.59. The molecule has 7 heteroatoms. The van der Waals surface area contributed by atoms with E-state index >= 15 is 0 Å². The summed E-state index contributed by atoms with van der Waals surface area (Å²) in [5.41, 5.74) is 3.19. The highest BCUT2D eigenvalue weighted by Gasteiger charge is 2.21. The van der Waals surface area contributed by atoms with Gasteiger partial charge in [0.25, 0.3) is 0 Å². The van der Waals surface area contributed by atoms with Gasteiger partial charge >= 0.3 is 0 Å². The molecule has 0 atom stereocenters. The Balaban J connectivity index is 1.21. The van der Waals surface area contributed by atoms with Crippen molar-refractivity contribution in [2.75, 3.05) is 27.4 Å². The molecule has 1 aliphatic rings. The van der Waals surface area contributed by atoms with E-state index < -0.39 is 0 Å². The molecule has 0 radical (unpaired) electrons. The summed E-state index contributed by atoms with van der Waals surface area (Å²) in [6.45, 7) is 1.91. The highest BCUT2D eigenvalue weighted by molar-refractivity contribution is 5.83. The van der Waals surface area contributed by atoms with Gasteiger partial charge in [0, 0.05) is 24.2 Å². The van der Waals surface area contributed by atoms with E-state index in [1.54, 1.807) is 14.2 Å². The molecule has 0 bridgehead atoms. The van der Waals surface area contributed by atoms with E-state index in [0.717, 1.165) is 41.6 Å². The standard InChI is InChI=1S/C24H29N3O4/c1-28-20-9-10-22-21(13-20)17(11-12-25-22)5-3-8-24-30-15-19(16-31-24)26-14-18-6-4-7-23(27-18)29-2/h4,6-7,9-13,19,24,26H,3,5,8,14-16H2,1-2H3. The van der Waals surface area contributed by atoms with Crippen LogP contribution in [0.3, 0.4) is 0 Å². The van der Waals surface area contributed by atoms with Crippen LogP contribution in [-0.2, 0) is 22.4 Å². The van der Waals surface area contributed by atoms with Crippen LogP contribution in [0, 0.1) is 0 Å². The van der Waals surface area contributed by atoms with Crippen LogP contribution in [0.25, 0.3) is 10.9 Å². The Morgan fingerprint density at radius 1 is 1.06 bits per heavy atom. The molecule has 3 heterocycles. The number of nitrogens with one attached hydrogen (secondary N) is 1. The molecule has 0 unspecified atom stereocenters. The van der Waals surface area contributed by atoms with E-state index in [1.807, 2.05) is 36.5 Å². The van der Waals surface area contributed by atoms with Crippen molar-refractivity contribution in [3.8, 4) is 11.6 Å². The van der Waals surface area contributed by atoms with Crippen molar-refractivity contribution in [2.45, 2.75) is 38.1 Å². The van der Waals surface area contributed by atoms with Crippen LogP contribution in [0.15, 0.2) is 48.7 Å². The molecule has 0 aliphatic carbocycles. The van der Waals surface area contributed by atoms with Gasteiger partial charge in [0.2, 0.25) is 5.88 Å². The van der Waals surface area contributed by atoms with Crippen LogP contribution >= 0.6 is 0 Å². The Morgan fingerprint density at radius 3 is 2.74 bits per heavy atom. The number of ether oxygens (including phenoxy) is 4. The summed E-state index contributed by atoms with van der Waals surface area (Å²) in [7, 11) is 3.31. The zero-order chi connectivity index (χ0) is 21.5. The first-order chi connectivity index (χ1) is 15.2. The van der Waals surface area contributed by atoms with Crippen LogP contribution in [0.1, 0.15) is 24.1 Å². The molecule has 1 aliphatic heterocycles. The smallest absolute Gasteiger partial charge is 0.213 e. The zero-order valence-corrected chi connectivity index (χ0v) is 18.0. The molecule has 31 heavy (non-hydrogen) atoms. The lowest BCUT2D eigenvalue weighted by atomic mass is 10.0. The second kappa shape index (κ2) is 10.5. The third kappa shape index (κ3) is 5.70. The molecular formula is C24H29N3O4. The van der Waals surface area contributed by atoms with Crippen molar-refractivity contribution in [2.24, 2.45) is 0 Å². The van der Waals surface area contributed by atoms with Gasteiger partial charge in [0.05, 0.1) is 44.7 Å². The average molecular weight is 424 g/mol. The van der Waals surface area contributed by atoms with Gasteiger partial charge in [-0.1, -0.05) is 6.07 Å². The number of rotatable bonds is 9. The first-order valence-electron chi connectivity index (χ1n) is 10.6. The molecule has 0 saturated carbocycles. The van der Waals surface area contributed by atoms with Crippen LogP contribution in [-0.4, -0.2) is 49.7 Å². The number of fused-ring (bicyclic) bond motifs is 1. The minimum absolute atomic E-state index is 0.154. The normalized spacial score (nSPS) is 18.8. The van der Waals surface area contributed by atoms with Crippen LogP contribution in [0.4, 0.5) is 0 Å². The molecule has 164 valence electrons. The summed E-state index contributed by atoms with van der Waals surface area (Å²) < 4.78 is 22.4. The number of nitrogens with zero attached hydrogens (tertiary/aromatic N) is 2. The Bertz CT molecular complexity index is 989. The third-order valence-corrected chi connectivity index (χ3v) is 5.45. The summed E-state index contributed by atoms with van der Waals surface area (Å²) in [6.07, 6.45) is 4.49. The molecule has 7 nitrogen and oxygen atoms in total. The maximum Gasteiger partial charge on any atom is 0.213 e. The summed E-state index contributed by atoms with van der Waals surface area (Å²) in [5, 5.41) is 4.58. The van der Waals surface area contributed by atoms with E-state index in [9.17, 15) is 0 Å². The lowest BCUT2D eigenvalue weighted by molar-refractivity contribution is -0.192. The molecule has 3 aromatic rings. The highest BCUT2D eigenvalue weighted by Crippen LogP contribution is 2.24. The summed E-state index contributed by atoms with van der Waals surface area (Å²) in [5.74, 6) is 1.47. The predicted octanol–water partition coefficient (Wildman–Crippen LogP) is 3.50. The Kier molecular flexibility index (Phi) is 7.30. The first-order valence-corrected chi connectivity index (χ1v) is 10.6. The number of methoxy groups -OCH3 is 2. The Labute approximate surface area is 182 Å². The molecule has 1 N–H and O–H groups in total. The van der Waals surface area contributed by atoms with Gasteiger partial charge < -0.3 is 24.3 Å². The summed E-state index contributed by atoms with van der Waals surface area (Å²) in [6, 6.07) is 14.0. The fourth-order valence-electron chi connectivity index (χ4n) is 3.73.